The first-order chi connectivity index (χ1) is 8.72. The Labute approximate surface area is 112 Å². The summed E-state index contributed by atoms with van der Waals surface area (Å²) in [5.74, 6) is 0.402. The van der Waals surface area contributed by atoms with E-state index in [2.05, 4.69) is 18.7 Å². The van der Waals surface area contributed by atoms with Gasteiger partial charge in [-0.05, 0) is 31.6 Å². The van der Waals surface area contributed by atoms with Crippen molar-refractivity contribution in [3.63, 3.8) is 0 Å². The lowest BCUT2D eigenvalue weighted by Gasteiger charge is -2.34. The molecule has 0 radical (unpaired) electrons. The lowest BCUT2D eigenvalue weighted by Crippen LogP contribution is -2.42. The quantitative estimate of drug-likeness (QED) is 0.688. The molecular weight excluding hydrogens is 226 g/mol. The summed E-state index contributed by atoms with van der Waals surface area (Å²) in [5.41, 5.74) is 0. The van der Waals surface area contributed by atoms with Crippen LogP contribution in [0.3, 0.4) is 0 Å². The van der Waals surface area contributed by atoms with E-state index in [0.29, 0.717) is 12.0 Å². The summed E-state index contributed by atoms with van der Waals surface area (Å²) in [4.78, 5) is 2.39. The van der Waals surface area contributed by atoms with Crippen LogP contribution >= 0.6 is 0 Å². The normalized spacial score (nSPS) is 25.7. The lowest BCUT2D eigenvalue weighted by atomic mass is 9.95. The van der Waals surface area contributed by atoms with E-state index >= 15 is 0 Å². The minimum atomic E-state index is -0.136. The van der Waals surface area contributed by atoms with Gasteiger partial charge in [-0.1, -0.05) is 33.1 Å². The predicted molar refractivity (Wildman–Crippen MR) is 75.6 cm³/mol. The first kappa shape index (κ1) is 15.9. The molecule has 1 fully saturated rings. The summed E-state index contributed by atoms with van der Waals surface area (Å²) < 4.78 is 0. The Morgan fingerprint density at radius 1 is 1.11 bits per heavy atom. The third-order valence-electron chi connectivity index (χ3n) is 4.43. The SMILES string of the molecule is CCC(CC)N(CCO)CC1CCCCCC1O. The first-order valence-corrected chi connectivity index (χ1v) is 7.75. The van der Waals surface area contributed by atoms with Crippen molar-refractivity contribution in [2.45, 2.75) is 70.9 Å². The number of hydrogen-bond acceptors (Lipinski definition) is 3. The molecule has 108 valence electrons. The van der Waals surface area contributed by atoms with E-state index in [4.69, 9.17) is 0 Å². The van der Waals surface area contributed by atoms with E-state index < -0.39 is 0 Å². The maximum Gasteiger partial charge on any atom is 0.0580 e. The van der Waals surface area contributed by atoms with Gasteiger partial charge >= 0.3 is 0 Å². The van der Waals surface area contributed by atoms with Gasteiger partial charge in [0.25, 0.3) is 0 Å². The second-order valence-electron chi connectivity index (χ2n) is 5.65. The number of rotatable bonds is 7. The monoisotopic (exact) mass is 257 g/mol. The molecule has 1 aliphatic carbocycles. The first-order valence-electron chi connectivity index (χ1n) is 7.75. The molecule has 0 aliphatic heterocycles. The Kier molecular flexibility index (Phi) is 7.87. The van der Waals surface area contributed by atoms with E-state index in [0.717, 1.165) is 38.8 Å². The van der Waals surface area contributed by atoms with Crippen molar-refractivity contribution in [1.82, 2.24) is 4.90 Å². The molecule has 0 aromatic heterocycles. The van der Waals surface area contributed by atoms with Crippen molar-refractivity contribution in [3.8, 4) is 0 Å². The number of hydrogen-bond donors (Lipinski definition) is 2. The fourth-order valence-electron chi connectivity index (χ4n) is 3.24. The standard InChI is InChI=1S/C15H31NO2/c1-3-14(4-2)16(10-11-17)12-13-8-6-5-7-9-15(13)18/h13-15,17-18H,3-12H2,1-2H3. The van der Waals surface area contributed by atoms with Gasteiger partial charge in [0, 0.05) is 19.1 Å². The molecule has 0 aromatic carbocycles. The van der Waals surface area contributed by atoms with Crippen LogP contribution in [-0.2, 0) is 0 Å². The molecule has 0 saturated heterocycles. The highest BCUT2D eigenvalue weighted by Gasteiger charge is 2.25. The Balaban J connectivity index is 2.56. The Hall–Kier alpha value is -0.120. The Morgan fingerprint density at radius 2 is 1.78 bits per heavy atom. The van der Waals surface area contributed by atoms with Crippen molar-refractivity contribution in [2.24, 2.45) is 5.92 Å². The van der Waals surface area contributed by atoms with Crippen molar-refractivity contribution in [2.75, 3.05) is 19.7 Å². The molecule has 0 heterocycles. The zero-order valence-corrected chi connectivity index (χ0v) is 12.1. The van der Waals surface area contributed by atoms with Crippen LogP contribution in [0.4, 0.5) is 0 Å². The predicted octanol–water partition coefficient (Wildman–Crippen LogP) is 2.41. The fourth-order valence-corrected chi connectivity index (χ4v) is 3.24. The van der Waals surface area contributed by atoms with E-state index in [-0.39, 0.29) is 12.7 Å². The smallest absolute Gasteiger partial charge is 0.0580 e. The highest BCUT2D eigenvalue weighted by atomic mass is 16.3. The van der Waals surface area contributed by atoms with E-state index in [1.165, 1.54) is 19.3 Å². The molecule has 3 nitrogen and oxygen atoms in total. The van der Waals surface area contributed by atoms with Gasteiger partial charge < -0.3 is 10.2 Å². The number of aliphatic hydroxyl groups is 2. The van der Waals surface area contributed by atoms with Gasteiger partial charge in [-0.25, -0.2) is 0 Å². The topological polar surface area (TPSA) is 43.7 Å². The largest absolute Gasteiger partial charge is 0.395 e. The van der Waals surface area contributed by atoms with Gasteiger partial charge in [0.1, 0.15) is 0 Å². The molecule has 2 unspecified atom stereocenters. The number of nitrogens with zero attached hydrogens (tertiary/aromatic N) is 1. The second-order valence-corrected chi connectivity index (χ2v) is 5.65. The molecule has 0 amide bonds. The van der Waals surface area contributed by atoms with Gasteiger partial charge in [0.15, 0.2) is 0 Å². The summed E-state index contributed by atoms with van der Waals surface area (Å²) >= 11 is 0. The van der Waals surface area contributed by atoms with Gasteiger partial charge in [-0.15, -0.1) is 0 Å². The summed E-state index contributed by atoms with van der Waals surface area (Å²) in [6.07, 6.45) is 7.89. The zero-order valence-electron chi connectivity index (χ0n) is 12.1. The summed E-state index contributed by atoms with van der Waals surface area (Å²) in [6.45, 7) is 6.34. The third-order valence-corrected chi connectivity index (χ3v) is 4.43. The summed E-state index contributed by atoms with van der Waals surface area (Å²) in [6, 6.07) is 0.549. The van der Waals surface area contributed by atoms with Gasteiger partial charge in [-0.2, -0.15) is 0 Å². The van der Waals surface area contributed by atoms with Crippen molar-refractivity contribution >= 4 is 0 Å². The minimum Gasteiger partial charge on any atom is -0.395 e. The molecule has 3 heteroatoms. The number of aliphatic hydroxyl groups excluding tert-OH is 2. The van der Waals surface area contributed by atoms with Crippen molar-refractivity contribution in [3.05, 3.63) is 0 Å². The third kappa shape index (κ3) is 4.87. The average Bonchev–Trinajstić information content (AvgIpc) is 2.57. The molecule has 0 aromatic rings. The minimum absolute atomic E-state index is 0.136. The van der Waals surface area contributed by atoms with Crippen molar-refractivity contribution < 1.29 is 10.2 Å². The molecule has 2 atom stereocenters. The van der Waals surface area contributed by atoms with Crippen molar-refractivity contribution in [1.29, 1.82) is 0 Å². The van der Waals surface area contributed by atoms with E-state index in [9.17, 15) is 10.2 Å². The molecule has 0 spiro atoms. The molecular formula is C15H31NO2. The van der Waals surface area contributed by atoms with Crippen LogP contribution in [0.5, 0.6) is 0 Å². The van der Waals surface area contributed by atoms with Crippen LogP contribution in [0.25, 0.3) is 0 Å². The maximum atomic E-state index is 10.2. The zero-order chi connectivity index (χ0) is 13.4. The highest BCUT2D eigenvalue weighted by Crippen LogP contribution is 2.25. The molecule has 2 N–H and O–H groups in total. The van der Waals surface area contributed by atoms with E-state index in [1.54, 1.807) is 0 Å². The maximum absolute atomic E-state index is 10.2. The lowest BCUT2D eigenvalue weighted by molar-refractivity contribution is 0.0508. The van der Waals surface area contributed by atoms with E-state index in [1.807, 2.05) is 0 Å². The second kappa shape index (κ2) is 8.89. The van der Waals surface area contributed by atoms with Crippen LogP contribution in [0, 0.1) is 5.92 Å². The van der Waals surface area contributed by atoms with Gasteiger partial charge in [0.2, 0.25) is 0 Å². The average molecular weight is 257 g/mol. The molecule has 18 heavy (non-hydrogen) atoms. The summed E-state index contributed by atoms with van der Waals surface area (Å²) in [5, 5.41) is 19.4. The molecule has 1 aliphatic rings. The van der Waals surface area contributed by atoms with Crippen LogP contribution in [0.1, 0.15) is 58.8 Å². The fraction of sp³-hybridized carbons (Fsp3) is 1.00. The van der Waals surface area contributed by atoms with Gasteiger partial charge in [-0.3, -0.25) is 4.90 Å². The molecule has 0 bridgehead atoms. The van der Waals surface area contributed by atoms with Crippen LogP contribution < -0.4 is 0 Å². The molecule has 1 saturated carbocycles. The highest BCUT2D eigenvalue weighted by molar-refractivity contribution is 4.79. The summed E-state index contributed by atoms with van der Waals surface area (Å²) in [7, 11) is 0. The Bertz CT molecular complexity index is 207. The van der Waals surface area contributed by atoms with Crippen LogP contribution in [0.2, 0.25) is 0 Å². The van der Waals surface area contributed by atoms with Crippen LogP contribution in [0.15, 0.2) is 0 Å². The molecule has 1 rings (SSSR count). The Morgan fingerprint density at radius 3 is 2.39 bits per heavy atom. The van der Waals surface area contributed by atoms with Crippen LogP contribution in [-0.4, -0.2) is 47.0 Å². The van der Waals surface area contributed by atoms with Gasteiger partial charge in [0.05, 0.1) is 12.7 Å².